The van der Waals surface area contributed by atoms with E-state index in [4.69, 9.17) is 9.47 Å². The highest BCUT2D eigenvalue weighted by molar-refractivity contribution is 6.46. The van der Waals surface area contributed by atoms with Gasteiger partial charge in [0.15, 0.2) is 11.5 Å². The van der Waals surface area contributed by atoms with Crippen LogP contribution in [-0.2, 0) is 16.0 Å². The zero-order chi connectivity index (χ0) is 24.2. The number of aromatic nitrogens is 1. The summed E-state index contributed by atoms with van der Waals surface area (Å²) in [6, 6.07) is 13.3. The second kappa shape index (κ2) is 9.74. The third-order valence-corrected chi connectivity index (χ3v) is 5.77. The van der Waals surface area contributed by atoms with E-state index in [1.807, 2.05) is 0 Å². The monoisotopic (exact) mass is 462 g/mol. The molecule has 1 amide bonds. The van der Waals surface area contributed by atoms with E-state index in [0.717, 1.165) is 5.56 Å². The first-order chi connectivity index (χ1) is 16.4. The van der Waals surface area contributed by atoms with Gasteiger partial charge in [-0.1, -0.05) is 18.2 Å². The molecule has 174 valence electrons. The number of hydrogen-bond donors (Lipinski definition) is 1. The predicted molar refractivity (Wildman–Crippen MR) is 123 cm³/mol. The SMILES string of the molecule is COc1ccc(C2/C(=C(/O)c3ccncc3)C(=O)C(=O)N2CCc2ccc(F)cc2)cc1OC. The van der Waals surface area contributed by atoms with Gasteiger partial charge in [-0.05, 0) is 53.9 Å². The van der Waals surface area contributed by atoms with Crippen LogP contribution >= 0.6 is 0 Å². The van der Waals surface area contributed by atoms with E-state index in [9.17, 15) is 19.1 Å². The molecule has 1 atom stereocenters. The number of ketones is 1. The molecule has 1 unspecified atom stereocenters. The minimum absolute atomic E-state index is 0.0254. The molecule has 3 aromatic rings. The van der Waals surface area contributed by atoms with E-state index >= 15 is 0 Å². The highest BCUT2D eigenvalue weighted by Gasteiger charge is 2.46. The molecule has 2 heterocycles. The molecule has 8 heteroatoms. The first-order valence-electron chi connectivity index (χ1n) is 10.6. The van der Waals surface area contributed by atoms with E-state index in [0.29, 0.717) is 29.0 Å². The van der Waals surface area contributed by atoms with Crippen molar-refractivity contribution in [1.82, 2.24) is 9.88 Å². The van der Waals surface area contributed by atoms with Crippen molar-refractivity contribution in [2.45, 2.75) is 12.5 Å². The Morgan fingerprint density at radius 2 is 1.68 bits per heavy atom. The molecule has 7 nitrogen and oxygen atoms in total. The summed E-state index contributed by atoms with van der Waals surface area (Å²) >= 11 is 0. The normalized spacial score (nSPS) is 17.1. The number of nitrogens with zero attached hydrogens (tertiary/aromatic N) is 2. The fourth-order valence-corrected chi connectivity index (χ4v) is 4.05. The van der Waals surface area contributed by atoms with Gasteiger partial charge in [0.05, 0.1) is 25.8 Å². The molecule has 4 rings (SSSR count). The van der Waals surface area contributed by atoms with Gasteiger partial charge in [0.2, 0.25) is 0 Å². The van der Waals surface area contributed by atoms with Crippen molar-refractivity contribution in [3.8, 4) is 11.5 Å². The molecule has 1 aromatic heterocycles. The number of pyridine rings is 1. The quantitative estimate of drug-likeness (QED) is 0.326. The van der Waals surface area contributed by atoms with Crippen molar-refractivity contribution in [2.75, 3.05) is 20.8 Å². The van der Waals surface area contributed by atoms with E-state index in [1.54, 1.807) is 42.5 Å². The van der Waals surface area contributed by atoms with Gasteiger partial charge in [-0.3, -0.25) is 14.6 Å². The number of ether oxygens (including phenoxy) is 2. The van der Waals surface area contributed by atoms with Crippen molar-refractivity contribution in [1.29, 1.82) is 0 Å². The minimum atomic E-state index is -0.853. The first-order valence-corrected chi connectivity index (χ1v) is 10.6. The number of rotatable bonds is 7. The van der Waals surface area contributed by atoms with Crippen LogP contribution in [0.2, 0.25) is 0 Å². The standard InChI is InChI=1S/C26H23FN2O5/c1-33-20-8-5-18(15-21(20)34-2)23-22(24(30)17-9-12-28-13-10-17)25(31)26(32)29(23)14-11-16-3-6-19(27)7-4-16/h3-10,12-13,15,23,30H,11,14H2,1-2H3/b24-22-. The molecule has 1 saturated heterocycles. The van der Waals surface area contributed by atoms with Crippen LogP contribution in [0, 0.1) is 5.82 Å². The smallest absolute Gasteiger partial charge is 0.295 e. The van der Waals surface area contributed by atoms with Gasteiger partial charge in [0.25, 0.3) is 11.7 Å². The fraction of sp³-hybridized carbons (Fsp3) is 0.192. The molecule has 0 radical (unpaired) electrons. The molecule has 1 N–H and O–H groups in total. The lowest BCUT2D eigenvalue weighted by atomic mass is 9.95. The second-order valence-corrected chi connectivity index (χ2v) is 7.72. The van der Waals surface area contributed by atoms with Crippen LogP contribution in [0.25, 0.3) is 5.76 Å². The summed E-state index contributed by atoms with van der Waals surface area (Å²) in [6.07, 6.45) is 3.38. The van der Waals surface area contributed by atoms with E-state index in [2.05, 4.69) is 4.98 Å². The van der Waals surface area contributed by atoms with Crippen LogP contribution in [0.1, 0.15) is 22.7 Å². The lowest BCUT2D eigenvalue weighted by Gasteiger charge is -2.26. The average Bonchev–Trinajstić information content (AvgIpc) is 3.13. The Balaban J connectivity index is 1.80. The number of Topliss-reactive ketones (excluding diaryl/α,β-unsaturated/α-hetero) is 1. The van der Waals surface area contributed by atoms with Crippen molar-refractivity contribution in [3.05, 3.63) is 95.1 Å². The average molecular weight is 462 g/mol. The summed E-state index contributed by atoms with van der Waals surface area (Å²) in [5.74, 6) is -1.24. The maximum atomic E-state index is 13.3. The third-order valence-electron chi connectivity index (χ3n) is 5.77. The highest BCUT2D eigenvalue weighted by atomic mass is 19.1. The van der Waals surface area contributed by atoms with E-state index in [1.165, 1.54) is 43.6 Å². The van der Waals surface area contributed by atoms with Crippen LogP contribution in [0.3, 0.4) is 0 Å². The number of amides is 1. The number of aliphatic hydroxyl groups excluding tert-OH is 1. The molecule has 0 saturated carbocycles. The van der Waals surface area contributed by atoms with Crippen LogP contribution in [-0.4, -0.2) is 47.4 Å². The van der Waals surface area contributed by atoms with Crippen LogP contribution in [0.4, 0.5) is 4.39 Å². The van der Waals surface area contributed by atoms with E-state index in [-0.39, 0.29) is 23.7 Å². The van der Waals surface area contributed by atoms with Crippen molar-refractivity contribution >= 4 is 17.4 Å². The summed E-state index contributed by atoms with van der Waals surface area (Å²) in [5, 5.41) is 11.1. The predicted octanol–water partition coefficient (Wildman–Crippen LogP) is 3.90. The number of benzene rings is 2. The maximum absolute atomic E-state index is 13.3. The van der Waals surface area contributed by atoms with E-state index < -0.39 is 17.7 Å². The molecule has 34 heavy (non-hydrogen) atoms. The first kappa shape index (κ1) is 23.0. The van der Waals surface area contributed by atoms with Gasteiger partial charge in [0, 0.05) is 24.5 Å². The summed E-state index contributed by atoms with van der Waals surface area (Å²) in [7, 11) is 3.00. The Kier molecular flexibility index (Phi) is 6.58. The van der Waals surface area contributed by atoms with Crippen molar-refractivity contribution in [3.63, 3.8) is 0 Å². The lowest BCUT2D eigenvalue weighted by Crippen LogP contribution is -2.31. The number of carbonyl (C=O) groups excluding carboxylic acids is 2. The molecular formula is C26H23FN2O5. The summed E-state index contributed by atoms with van der Waals surface area (Å²) in [5.41, 5.74) is 1.73. The van der Waals surface area contributed by atoms with Crippen molar-refractivity contribution < 1.29 is 28.6 Å². The lowest BCUT2D eigenvalue weighted by molar-refractivity contribution is -0.139. The number of methoxy groups -OCH3 is 2. The van der Waals surface area contributed by atoms with Gasteiger partial charge in [0.1, 0.15) is 11.6 Å². The molecule has 0 bridgehead atoms. The summed E-state index contributed by atoms with van der Waals surface area (Å²) < 4.78 is 24.0. The van der Waals surface area contributed by atoms with Crippen LogP contribution in [0.15, 0.2) is 72.6 Å². The number of carbonyl (C=O) groups is 2. The van der Waals surface area contributed by atoms with Gasteiger partial charge < -0.3 is 19.5 Å². The number of hydrogen-bond acceptors (Lipinski definition) is 6. The molecule has 2 aromatic carbocycles. The molecule has 1 fully saturated rings. The van der Waals surface area contributed by atoms with Gasteiger partial charge in [-0.2, -0.15) is 0 Å². The van der Waals surface area contributed by atoms with Gasteiger partial charge in [-0.25, -0.2) is 4.39 Å². The van der Waals surface area contributed by atoms with Crippen LogP contribution < -0.4 is 9.47 Å². The topological polar surface area (TPSA) is 89.0 Å². The zero-order valence-corrected chi connectivity index (χ0v) is 18.7. The largest absolute Gasteiger partial charge is 0.507 e. The maximum Gasteiger partial charge on any atom is 0.295 e. The number of aliphatic hydroxyl groups is 1. The summed E-state index contributed by atoms with van der Waals surface area (Å²) in [4.78, 5) is 31.6. The molecular weight excluding hydrogens is 439 g/mol. The van der Waals surface area contributed by atoms with Crippen molar-refractivity contribution in [2.24, 2.45) is 0 Å². The Morgan fingerprint density at radius 1 is 1.00 bits per heavy atom. The zero-order valence-electron chi connectivity index (χ0n) is 18.7. The van der Waals surface area contributed by atoms with Gasteiger partial charge >= 0.3 is 0 Å². The Bertz CT molecular complexity index is 1240. The molecule has 1 aliphatic heterocycles. The molecule has 0 spiro atoms. The molecule has 1 aliphatic rings. The van der Waals surface area contributed by atoms with Crippen LogP contribution in [0.5, 0.6) is 11.5 Å². The Morgan fingerprint density at radius 3 is 2.32 bits per heavy atom. The number of likely N-dealkylation sites (tertiary alicyclic amines) is 1. The Hall–Kier alpha value is -4.20. The summed E-state index contributed by atoms with van der Waals surface area (Å²) in [6.45, 7) is 0.183. The number of halogens is 1. The molecule has 0 aliphatic carbocycles. The second-order valence-electron chi connectivity index (χ2n) is 7.72. The Labute approximate surface area is 196 Å². The third kappa shape index (κ3) is 4.34. The highest BCUT2D eigenvalue weighted by Crippen LogP contribution is 2.41. The van der Waals surface area contributed by atoms with Gasteiger partial charge in [-0.15, -0.1) is 0 Å². The minimum Gasteiger partial charge on any atom is -0.507 e. The fourth-order valence-electron chi connectivity index (χ4n) is 4.05.